The molecule has 1 aromatic carbocycles. The van der Waals surface area contributed by atoms with Gasteiger partial charge in [-0.3, -0.25) is 0 Å². The summed E-state index contributed by atoms with van der Waals surface area (Å²) in [6.45, 7) is 2.04. The highest BCUT2D eigenvalue weighted by atomic mass is 32.1. The smallest absolute Gasteiger partial charge is 0.345 e. The van der Waals surface area contributed by atoms with Gasteiger partial charge in [0.1, 0.15) is 4.88 Å². The Labute approximate surface area is 104 Å². The van der Waals surface area contributed by atoms with Crippen molar-refractivity contribution in [2.75, 3.05) is 11.9 Å². The van der Waals surface area contributed by atoms with Gasteiger partial charge in [-0.25, -0.2) is 4.79 Å². The monoisotopic (exact) mass is 247 g/mol. The number of thiophene rings is 1. The fourth-order valence-corrected chi connectivity index (χ4v) is 2.30. The van der Waals surface area contributed by atoms with Crippen LogP contribution in [0.5, 0.6) is 0 Å². The van der Waals surface area contributed by atoms with Gasteiger partial charge in [-0.15, -0.1) is 11.3 Å². The molecule has 1 heterocycles. The van der Waals surface area contributed by atoms with Crippen molar-refractivity contribution in [3.05, 3.63) is 46.2 Å². The third-order valence-corrected chi connectivity index (χ3v) is 3.51. The molecule has 0 bridgehead atoms. The molecular formula is C13H13NO2S. The van der Waals surface area contributed by atoms with E-state index in [1.165, 1.54) is 16.9 Å². The number of hydrogen-bond acceptors (Lipinski definition) is 3. The molecule has 2 aromatic rings. The number of aryl methyl sites for hydroxylation is 1. The Morgan fingerprint density at radius 3 is 2.41 bits per heavy atom. The van der Waals surface area contributed by atoms with E-state index in [0.717, 1.165) is 11.4 Å². The number of aromatic carboxylic acids is 1. The van der Waals surface area contributed by atoms with E-state index in [4.69, 9.17) is 5.11 Å². The first-order valence-corrected chi connectivity index (χ1v) is 6.08. The van der Waals surface area contributed by atoms with Crippen LogP contribution in [0.3, 0.4) is 0 Å². The molecule has 0 atom stereocenters. The number of carbonyl (C=O) groups is 1. The summed E-state index contributed by atoms with van der Waals surface area (Å²) in [7, 11) is 1.93. The zero-order chi connectivity index (χ0) is 12.4. The van der Waals surface area contributed by atoms with Crippen LogP contribution in [0, 0.1) is 6.92 Å². The standard InChI is InChI=1S/C13H13NO2S/c1-9-3-5-10(6-4-9)14(2)11-7-12(13(15)16)17-8-11/h3-8H,1-2H3,(H,15,16). The molecule has 4 heteroatoms. The van der Waals surface area contributed by atoms with Gasteiger partial charge in [-0.05, 0) is 25.1 Å². The molecule has 0 aliphatic rings. The molecule has 0 unspecified atom stereocenters. The minimum atomic E-state index is -0.876. The van der Waals surface area contributed by atoms with E-state index in [0.29, 0.717) is 4.88 Å². The first kappa shape index (κ1) is 11.7. The van der Waals surface area contributed by atoms with Gasteiger partial charge >= 0.3 is 5.97 Å². The van der Waals surface area contributed by atoms with Gasteiger partial charge < -0.3 is 10.0 Å². The highest BCUT2D eigenvalue weighted by Gasteiger charge is 2.10. The SMILES string of the molecule is Cc1ccc(N(C)c2csc(C(=O)O)c2)cc1. The van der Waals surface area contributed by atoms with Crippen molar-refractivity contribution < 1.29 is 9.90 Å². The lowest BCUT2D eigenvalue weighted by atomic mass is 10.2. The Hall–Kier alpha value is -1.81. The normalized spacial score (nSPS) is 10.2. The number of nitrogens with zero attached hydrogens (tertiary/aromatic N) is 1. The summed E-state index contributed by atoms with van der Waals surface area (Å²) >= 11 is 1.24. The molecule has 88 valence electrons. The van der Waals surface area contributed by atoms with Crippen LogP contribution >= 0.6 is 11.3 Å². The van der Waals surface area contributed by atoms with Crippen LogP contribution in [0.15, 0.2) is 35.7 Å². The van der Waals surface area contributed by atoms with Gasteiger partial charge in [-0.2, -0.15) is 0 Å². The largest absolute Gasteiger partial charge is 0.477 e. The predicted octanol–water partition coefficient (Wildman–Crippen LogP) is 3.52. The maximum atomic E-state index is 10.8. The van der Waals surface area contributed by atoms with Gasteiger partial charge in [0.15, 0.2) is 0 Å². The fraction of sp³-hybridized carbons (Fsp3) is 0.154. The second kappa shape index (κ2) is 4.59. The maximum absolute atomic E-state index is 10.8. The molecular weight excluding hydrogens is 234 g/mol. The number of carboxylic acids is 1. The van der Waals surface area contributed by atoms with Crippen molar-refractivity contribution in [2.45, 2.75) is 6.92 Å². The van der Waals surface area contributed by atoms with Gasteiger partial charge in [0.2, 0.25) is 0 Å². The molecule has 2 rings (SSSR count). The third kappa shape index (κ3) is 2.47. The lowest BCUT2D eigenvalue weighted by molar-refractivity contribution is 0.0702. The van der Waals surface area contributed by atoms with Crippen molar-refractivity contribution in [3.8, 4) is 0 Å². The molecule has 0 amide bonds. The van der Waals surface area contributed by atoms with E-state index in [2.05, 4.69) is 0 Å². The molecule has 0 saturated heterocycles. The summed E-state index contributed by atoms with van der Waals surface area (Å²) in [6.07, 6.45) is 0. The minimum absolute atomic E-state index is 0.360. The molecule has 1 N–H and O–H groups in total. The summed E-state index contributed by atoms with van der Waals surface area (Å²) in [5, 5.41) is 10.7. The maximum Gasteiger partial charge on any atom is 0.345 e. The summed E-state index contributed by atoms with van der Waals surface area (Å²) in [6, 6.07) is 9.81. The van der Waals surface area contributed by atoms with Crippen LogP contribution in [-0.4, -0.2) is 18.1 Å². The average molecular weight is 247 g/mol. The second-order valence-electron chi connectivity index (χ2n) is 3.87. The first-order chi connectivity index (χ1) is 8.08. The molecule has 0 saturated carbocycles. The number of benzene rings is 1. The van der Waals surface area contributed by atoms with Crippen LogP contribution in [0.4, 0.5) is 11.4 Å². The molecule has 0 aliphatic carbocycles. The van der Waals surface area contributed by atoms with Gasteiger partial charge in [0.05, 0.1) is 5.69 Å². The molecule has 0 fully saturated rings. The molecule has 1 aromatic heterocycles. The number of anilines is 2. The van der Waals surface area contributed by atoms with Gasteiger partial charge in [0.25, 0.3) is 0 Å². The zero-order valence-electron chi connectivity index (χ0n) is 9.68. The summed E-state index contributed by atoms with van der Waals surface area (Å²) < 4.78 is 0. The molecule has 3 nitrogen and oxygen atoms in total. The Bertz CT molecular complexity index is 531. The lowest BCUT2D eigenvalue weighted by Crippen LogP contribution is -2.08. The van der Waals surface area contributed by atoms with Gasteiger partial charge in [-0.1, -0.05) is 17.7 Å². The molecule has 0 aliphatic heterocycles. The average Bonchev–Trinajstić information content (AvgIpc) is 2.78. The Morgan fingerprint density at radius 1 is 1.24 bits per heavy atom. The minimum Gasteiger partial charge on any atom is -0.477 e. The van der Waals surface area contributed by atoms with E-state index in [9.17, 15) is 4.79 Å². The Morgan fingerprint density at radius 2 is 1.88 bits per heavy atom. The van der Waals surface area contributed by atoms with Crippen molar-refractivity contribution in [2.24, 2.45) is 0 Å². The number of hydrogen-bond donors (Lipinski definition) is 1. The number of rotatable bonds is 3. The highest BCUT2D eigenvalue weighted by molar-refractivity contribution is 7.12. The molecule has 0 radical (unpaired) electrons. The van der Waals surface area contributed by atoms with E-state index < -0.39 is 5.97 Å². The predicted molar refractivity (Wildman–Crippen MR) is 70.5 cm³/mol. The van der Waals surface area contributed by atoms with Gasteiger partial charge in [0, 0.05) is 18.1 Å². The zero-order valence-corrected chi connectivity index (χ0v) is 10.5. The lowest BCUT2D eigenvalue weighted by Gasteiger charge is -2.17. The Kier molecular flexibility index (Phi) is 3.15. The highest BCUT2D eigenvalue weighted by Crippen LogP contribution is 2.28. The first-order valence-electron chi connectivity index (χ1n) is 5.20. The summed E-state index contributed by atoms with van der Waals surface area (Å²) in [4.78, 5) is 13.1. The third-order valence-electron chi connectivity index (χ3n) is 2.60. The molecule has 0 spiro atoms. The van der Waals surface area contributed by atoms with E-state index >= 15 is 0 Å². The van der Waals surface area contributed by atoms with E-state index in [-0.39, 0.29) is 0 Å². The van der Waals surface area contributed by atoms with E-state index in [1.54, 1.807) is 6.07 Å². The second-order valence-corrected chi connectivity index (χ2v) is 4.78. The summed E-state index contributed by atoms with van der Waals surface area (Å²) in [5.74, 6) is -0.876. The van der Waals surface area contributed by atoms with Crippen LogP contribution in [0.1, 0.15) is 15.2 Å². The molecule has 17 heavy (non-hydrogen) atoms. The van der Waals surface area contributed by atoms with E-state index in [1.807, 2.05) is 48.5 Å². The van der Waals surface area contributed by atoms with Crippen molar-refractivity contribution in [3.63, 3.8) is 0 Å². The van der Waals surface area contributed by atoms with Crippen molar-refractivity contribution in [1.82, 2.24) is 0 Å². The van der Waals surface area contributed by atoms with Crippen LogP contribution in [0.25, 0.3) is 0 Å². The number of carboxylic acid groups (broad SMARTS) is 1. The quantitative estimate of drug-likeness (QED) is 0.902. The van der Waals surface area contributed by atoms with Crippen molar-refractivity contribution in [1.29, 1.82) is 0 Å². The topological polar surface area (TPSA) is 40.5 Å². The summed E-state index contributed by atoms with van der Waals surface area (Å²) in [5.41, 5.74) is 3.15. The van der Waals surface area contributed by atoms with Crippen LogP contribution in [0.2, 0.25) is 0 Å². The van der Waals surface area contributed by atoms with Crippen molar-refractivity contribution >= 4 is 28.7 Å². The van der Waals surface area contributed by atoms with Crippen LogP contribution < -0.4 is 4.90 Å². The fourth-order valence-electron chi connectivity index (χ4n) is 1.53. The Balaban J connectivity index is 2.27. The van der Waals surface area contributed by atoms with Crippen LogP contribution in [-0.2, 0) is 0 Å².